The van der Waals surface area contributed by atoms with Gasteiger partial charge in [0.25, 0.3) is 0 Å². The molecule has 0 aliphatic heterocycles. The third kappa shape index (κ3) is 3.63. The maximum absolute atomic E-state index is 6.06. The molecule has 1 N–H and O–H groups in total. The van der Waals surface area contributed by atoms with E-state index in [9.17, 15) is 0 Å². The van der Waals surface area contributed by atoms with E-state index in [-0.39, 0.29) is 0 Å². The van der Waals surface area contributed by atoms with E-state index in [0.717, 1.165) is 5.75 Å². The van der Waals surface area contributed by atoms with Crippen LogP contribution in [0.5, 0.6) is 11.5 Å². The molecule has 0 radical (unpaired) electrons. The molecule has 2 aromatic carbocycles. The first kappa shape index (κ1) is 14.2. The Kier molecular flexibility index (Phi) is 4.70. The molecule has 0 bridgehead atoms. The Hall–Kier alpha value is -1.22. The number of rotatable bonds is 4. The highest BCUT2D eigenvalue weighted by Crippen LogP contribution is 2.32. The zero-order valence-corrected chi connectivity index (χ0v) is 12.3. The molecule has 1 unspecified atom stereocenters. The van der Waals surface area contributed by atoms with Crippen LogP contribution in [0.3, 0.4) is 0 Å². The number of benzene rings is 2. The molecular formula is C15H15Cl2NO. The SMILES string of the molecule is CNC(C)c1ccc(Oc2cc(Cl)ccc2Cl)cc1. The van der Waals surface area contributed by atoms with Gasteiger partial charge in [0.2, 0.25) is 0 Å². The predicted molar refractivity (Wildman–Crippen MR) is 80.5 cm³/mol. The number of halogens is 2. The first-order valence-corrected chi connectivity index (χ1v) is 6.76. The van der Waals surface area contributed by atoms with Crippen LogP contribution in [0.2, 0.25) is 10.0 Å². The highest BCUT2D eigenvalue weighted by molar-refractivity contribution is 6.34. The van der Waals surface area contributed by atoms with Gasteiger partial charge in [0, 0.05) is 17.1 Å². The molecule has 0 spiro atoms. The molecule has 0 fully saturated rings. The van der Waals surface area contributed by atoms with Gasteiger partial charge in [-0.1, -0.05) is 35.3 Å². The number of hydrogen-bond donors (Lipinski definition) is 1. The molecule has 0 aliphatic carbocycles. The van der Waals surface area contributed by atoms with Crippen LogP contribution >= 0.6 is 23.2 Å². The minimum atomic E-state index is 0.309. The van der Waals surface area contributed by atoms with E-state index in [4.69, 9.17) is 27.9 Å². The van der Waals surface area contributed by atoms with Gasteiger partial charge >= 0.3 is 0 Å². The van der Waals surface area contributed by atoms with Gasteiger partial charge in [-0.05, 0) is 43.8 Å². The summed E-state index contributed by atoms with van der Waals surface area (Å²) in [5.74, 6) is 1.29. The quantitative estimate of drug-likeness (QED) is 0.850. The average Bonchev–Trinajstić information content (AvgIpc) is 2.43. The summed E-state index contributed by atoms with van der Waals surface area (Å²) in [6.07, 6.45) is 0. The van der Waals surface area contributed by atoms with Crippen molar-refractivity contribution in [1.82, 2.24) is 5.32 Å². The standard InChI is InChI=1S/C15H15Cl2NO/c1-10(18-2)11-3-6-13(7-4-11)19-15-9-12(16)5-8-14(15)17/h3-10,18H,1-2H3. The summed E-state index contributed by atoms with van der Waals surface area (Å²) in [7, 11) is 1.93. The minimum absolute atomic E-state index is 0.309. The summed E-state index contributed by atoms with van der Waals surface area (Å²) >= 11 is 12.0. The molecule has 0 saturated heterocycles. The molecule has 0 heterocycles. The summed E-state index contributed by atoms with van der Waals surface area (Å²) in [5, 5.41) is 4.32. The van der Waals surface area contributed by atoms with E-state index in [0.29, 0.717) is 21.8 Å². The fourth-order valence-corrected chi connectivity index (χ4v) is 1.99. The first-order valence-electron chi connectivity index (χ1n) is 6.00. The Morgan fingerprint density at radius 2 is 1.74 bits per heavy atom. The lowest BCUT2D eigenvalue weighted by atomic mass is 10.1. The Morgan fingerprint density at radius 1 is 1.05 bits per heavy atom. The maximum atomic E-state index is 6.06. The highest BCUT2D eigenvalue weighted by atomic mass is 35.5. The monoisotopic (exact) mass is 295 g/mol. The van der Waals surface area contributed by atoms with Gasteiger partial charge in [0.15, 0.2) is 0 Å². The van der Waals surface area contributed by atoms with E-state index in [1.54, 1.807) is 18.2 Å². The summed E-state index contributed by atoms with van der Waals surface area (Å²) < 4.78 is 5.72. The van der Waals surface area contributed by atoms with Crippen molar-refractivity contribution < 1.29 is 4.74 Å². The van der Waals surface area contributed by atoms with Crippen LogP contribution in [0.25, 0.3) is 0 Å². The van der Waals surface area contributed by atoms with Crippen LogP contribution in [-0.4, -0.2) is 7.05 Å². The third-order valence-corrected chi connectivity index (χ3v) is 3.48. The second kappa shape index (κ2) is 6.29. The molecule has 2 aromatic rings. The third-order valence-electron chi connectivity index (χ3n) is 2.93. The molecular weight excluding hydrogens is 281 g/mol. The van der Waals surface area contributed by atoms with Crippen molar-refractivity contribution >= 4 is 23.2 Å². The summed E-state index contributed by atoms with van der Waals surface area (Å²) in [4.78, 5) is 0. The van der Waals surface area contributed by atoms with Gasteiger partial charge < -0.3 is 10.1 Å². The fourth-order valence-electron chi connectivity index (χ4n) is 1.67. The summed E-state index contributed by atoms with van der Waals surface area (Å²) in [6, 6.07) is 13.3. The van der Waals surface area contributed by atoms with Crippen LogP contribution in [0.4, 0.5) is 0 Å². The van der Waals surface area contributed by atoms with Crippen molar-refractivity contribution in [2.24, 2.45) is 0 Å². The number of nitrogens with one attached hydrogen (secondary N) is 1. The van der Waals surface area contributed by atoms with Gasteiger partial charge in [-0.2, -0.15) is 0 Å². The largest absolute Gasteiger partial charge is 0.456 e. The maximum Gasteiger partial charge on any atom is 0.147 e. The van der Waals surface area contributed by atoms with Crippen molar-refractivity contribution in [1.29, 1.82) is 0 Å². The van der Waals surface area contributed by atoms with E-state index in [1.807, 2.05) is 31.3 Å². The highest BCUT2D eigenvalue weighted by Gasteiger charge is 2.06. The zero-order valence-electron chi connectivity index (χ0n) is 10.8. The van der Waals surface area contributed by atoms with Gasteiger partial charge in [0.1, 0.15) is 11.5 Å². The lowest BCUT2D eigenvalue weighted by molar-refractivity contribution is 0.482. The van der Waals surface area contributed by atoms with E-state index >= 15 is 0 Å². The zero-order chi connectivity index (χ0) is 13.8. The smallest absolute Gasteiger partial charge is 0.147 e. The van der Waals surface area contributed by atoms with Crippen LogP contribution in [0, 0.1) is 0 Å². The Bertz CT molecular complexity index is 555. The average molecular weight is 296 g/mol. The van der Waals surface area contributed by atoms with Crippen molar-refractivity contribution in [3.63, 3.8) is 0 Å². The molecule has 2 rings (SSSR count). The molecule has 0 aromatic heterocycles. The van der Waals surface area contributed by atoms with Crippen molar-refractivity contribution in [2.45, 2.75) is 13.0 Å². The van der Waals surface area contributed by atoms with E-state index in [2.05, 4.69) is 12.2 Å². The second-order valence-corrected chi connectivity index (χ2v) is 5.10. The normalized spacial score (nSPS) is 12.2. The molecule has 4 heteroatoms. The van der Waals surface area contributed by atoms with Gasteiger partial charge in [-0.15, -0.1) is 0 Å². The first-order chi connectivity index (χ1) is 9.10. The van der Waals surface area contributed by atoms with Crippen LogP contribution in [0.15, 0.2) is 42.5 Å². The van der Waals surface area contributed by atoms with Crippen molar-refractivity contribution in [3.05, 3.63) is 58.1 Å². The van der Waals surface area contributed by atoms with E-state index < -0.39 is 0 Å². The van der Waals surface area contributed by atoms with Gasteiger partial charge in [-0.3, -0.25) is 0 Å². The minimum Gasteiger partial charge on any atom is -0.456 e. The van der Waals surface area contributed by atoms with Gasteiger partial charge in [-0.25, -0.2) is 0 Å². The molecule has 2 nitrogen and oxygen atoms in total. The molecule has 0 saturated carbocycles. The van der Waals surface area contributed by atoms with Crippen LogP contribution < -0.4 is 10.1 Å². The van der Waals surface area contributed by atoms with E-state index in [1.165, 1.54) is 5.56 Å². The molecule has 100 valence electrons. The summed E-state index contributed by atoms with van der Waals surface area (Å²) in [6.45, 7) is 2.10. The Balaban J connectivity index is 2.17. The Morgan fingerprint density at radius 3 is 2.37 bits per heavy atom. The molecule has 0 amide bonds. The second-order valence-electron chi connectivity index (χ2n) is 4.26. The van der Waals surface area contributed by atoms with Crippen molar-refractivity contribution in [2.75, 3.05) is 7.05 Å². The molecule has 0 aliphatic rings. The summed E-state index contributed by atoms with van der Waals surface area (Å²) in [5.41, 5.74) is 1.20. The van der Waals surface area contributed by atoms with Crippen LogP contribution in [0.1, 0.15) is 18.5 Å². The number of ether oxygens (including phenoxy) is 1. The lowest BCUT2D eigenvalue weighted by Gasteiger charge is -2.12. The molecule has 19 heavy (non-hydrogen) atoms. The topological polar surface area (TPSA) is 21.3 Å². The predicted octanol–water partition coefficient (Wildman–Crippen LogP) is 5.07. The number of hydrogen-bond acceptors (Lipinski definition) is 2. The van der Waals surface area contributed by atoms with Gasteiger partial charge in [0.05, 0.1) is 5.02 Å². The van der Waals surface area contributed by atoms with Crippen molar-refractivity contribution in [3.8, 4) is 11.5 Å². The van der Waals surface area contributed by atoms with Crippen LogP contribution in [-0.2, 0) is 0 Å². The Labute approximate surface area is 123 Å². The molecule has 1 atom stereocenters. The lowest BCUT2D eigenvalue weighted by Crippen LogP contribution is -2.11. The fraction of sp³-hybridized carbons (Fsp3) is 0.200.